The Balaban J connectivity index is 2.31. The first-order valence-electron chi connectivity index (χ1n) is 7.70. The topological polar surface area (TPSA) is 32.3 Å². The second-order valence-corrected chi connectivity index (χ2v) is 5.75. The minimum atomic E-state index is -4.67. The van der Waals surface area contributed by atoms with Crippen LogP contribution < -0.4 is 5.32 Å². The first-order valence-corrected chi connectivity index (χ1v) is 7.70. The number of nitrogens with zero attached hydrogens (tertiary/aromatic N) is 1. The van der Waals surface area contributed by atoms with Gasteiger partial charge in [0, 0.05) is 12.2 Å². The van der Waals surface area contributed by atoms with Gasteiger partial charge in [0.15, 0.2) is 0 Å². The second kappa shape index (κ2) is 7.31. The fraction of sp³-hybridized carbons (Fsp3) is 0.278. The van der Waals surface area contributed by atoms with Crippen LogP contribution in [-0.4, -0.2) is 17.5 Å². The van der Waals surface area contributed by atoms with E-state index < -0.39 is 35.1 Å². The summed E-state index contributed by atoms with van der Waals surface area (Å²) in [7, 11) is 0. The number of amides is 2. The standard InChI is InChI=1S/C18H17F5N2O/c1-4-16-13(10(2)11(3)19)7-8-25(16)17(26)24-15-9-12(18(21,22)23)5-6-14(15)20/h4-6,9H,1,7-8H2,2-3H3,(H,24,26)/b11-10+. The molecule has 1 aromatic rings. The lowest BCUT2D eigenvalue weighted by Crippen LogP contribution is -2.32. The van der Waals surface area contributed by atoms with Gasteiger partial charge in [-0.15, -0.1) is 0 Å². The van der Waals surface area contributed by atoms with Crippen LogP contribution in [0.2, 0.25) is 0 Å². The van der Waals surface area contributed by atoms with Crippen molar-refractivity contribution in [2.24, 2.45) is 0 Å². The zero-order chi connectivity index (χ0) is 19.6. The molecule has 1 N–H and O–H groups in total. The molecular weight excluding hydrogens is 355 g/mol. The van der Waals surface area contributed by atoms with E-state index in [1.807, 2.05) is 0 Å². The van der Waals surface area contributed by atoms with Crippen molar-refractivity contribution < 1.29 is 26.7 Å². The third kappa shape index (κ3) is 3.95. The third-order valence-electron chi connectivity index (χ3n) is 4.13. The van der Waals surface area contributed by atoms with Gasteiger partial charge < -0.3 is 5.32 Å². The molecule has 1 heterocycles. The molecule has 1 aliphatic rings. The van der Waals surface area contributed by atoms with Crippen molar-refractivity contribution in [3.8, 4) is 0 Å². The maximum Gasteiger partial charge on any atom is 0.416 e. The average Bonchev–Trinajstić information content (AvgIpc) is 2.98. The molecule has 0 aliphatic carbocycles. The number of nitrogens with one attached hydrogen (secondary N) is 1. The summed E-state index contributed by atoms with van der Waals surface area (Å²) >= 11 is 0. The number of alkyl halides is 3. The molecular formula is C18H17F5N2O. The van der Waals surface area contributed by atoms with Gasteiger partial charge in [0.05, 0.1) is 11.3 Å². The van der Waals surface area contributed by atoms with E-state index in [9.17, 15) is 26.7 Å². The zero-order valence-electron chi connectivity index (χ0n) is 14.2. The van der Waals surface area contributed by atoms with Crippen LogP contribution in [-0.2, 0) is 6.18 Å². The highest BCUT2D eigenvalue weighted by atomic mass is 19.4. The lowest BCUT2D eigenvalue weighted by atomic mass is 10.0. The summed E-state index contributed by atoms with van der Waals surface area (Å²) in [5.74, 6) is -1.41. The largest absolute Gasteiger partial charge is 0.416 e. The van der Waals surface area contributed by atoms with E-state index >= 15 is 0 Å². The third-order valence-corrected chi connectivity index (χ3v) is 4.13. The molecule has 0 saturated heterocycles. The smallest absolute Gasteiger partial charge is 0.305 e. The average molecular weight is 372 g/mol. The Hall–Kier alpha value is -2.64. The van der Waals surface area contributed by atoms with Gasteiger partial charge in [0.2, 0.25) is 0 Å². The van der Waals surface area contributed by atoms with Crippen LogP contribution in [0, 0.1) is 5.82 Å². The van der Waals surface area contributed by atoms with Crippen molar-refractivity contribution in [1.29, 1.82) is 0 Å². The predicted molar refractivity (Wildman–Crippen MR) is 88.4 cm³/mol. The molecule has 8 heteroatoms. The summed E-state index contributed by atoms with van der Waals surface area (Å²) < 4.78 is 65.6. The van der Waals surface area contributed by atoms with Crippen LogP contribution in [0.25, 0.3) is 0 Å². The van der Waals surface area contributed by atoms with Gasteiger partial charge >= 0.3 is 12.2 Å². The van der Waals surface area contributed by atoms with Crippen molar-refractivity contribution in [2.45, 2.75) is 26.4 Å². The lowest BCUT2D eigenvalue weighted by molar-refractivity contribution is -0.137. The molecule has 0 aromatic heterocycles. The summed E-state index contributed by atoms with van der Waals surface area (Å²) in [4.78, 5) is 13.6. The predicted octanol–water partition coefficient (Wildman–Crippen LogP) is 5.79. The molecule has 0 radical (unpaired) electrons. The molecule has 26 heavy (non-hydrogen) atoms. The molecule has 1 aliphatic heterocycles. The van der Waals surface area contributed by atoms with E-state index in [2.05, 4.69) is 11.9 Å². The van der Waals surface area contributed by atoms with Gasteiger partial charge in [-0.1, -0.05) is 6.58 Å². The van der Waals surface area contributed by atoms with E-state index in [-0.39, 0.29) is 6.54 Å². The molecule has 3 nitrogen and oxygen atoms in total. The number of carbonyl (C=O) groups is 1. The van der Waals surface area contributed by atoms with Crippen LogP contribution in [0.5, 0.6) is 0 Å². The Morgan fingerprint density at radius 2 is 1.96 bits per heavy atom. The molecule has 0 saturated carbocycles. The van der Waals surface area contributed by atoms with Crippen LogP contribution in [0.15, 0.2) is 53.5 Å². The monoisotopic (exact) mass is 372 g/mol. The molecule has 2 rings (SSSR count). The van der Waals surface area contributed by atoms with Gasteiger partial charge in [-0.2, -0.15) is 13.2 Å². The minimum Gasteiger partial charge on any atom is -0.305 e. The second-order valence-electron chi connectivity index (χ2n) is 5.75. The number of carbonyl (C=O) groups excluding carboxylic acids is 1. The molecule has 0 spiro atoms. The van der Waals surface area contributed by atoms with Crippen molar-refractivity contribution >= 4 is 11.7 Å². The summed E-state index contributed by atoms with van der Waals surface area (Å²) in [6.45, 7) is 6.60. The molecule has 1 aromatic carbocycles. The van der Waals surface area contributed by atoms with E-state index in [0.29, 0.717) is 41.5 Å². The van der Waals surface area contributed by atoms with Crippen LogP contribution in [0.1, 0.15) is 25.8 Å². The van der Waals surface area contributed by atoms with Crippen molar-refractivity contribution in [1.82, 2.24) is 4.90 Å². The van der Waals surface area contributed by atoms with Gasteiger partial charge in [-0.05, 0) is 55.7 Å². The molecule has 0 fully saturated rings. The number of benzene rings is 1. The summed E-state index contributed by atoms with van der Waals surface area (Å²) in [6, 6.07) is 0.930. The SMILES string of the molecule is C=CC1=C(/C(C)=C(\C)F)CCN1C(=O)Nc1cc(C(F)(F)F)ccc1F. The summed E-state index contributed by atoms with van der Waals surface area (Å²) in [6.07, 6.45) is -2.95. The first-order chi connectivity index (χ1) is 12.1. The summed E-state index contributed by atoms with van der Waals surface area (Å²) in [5.41, 5.74) is -0.400. The first kappa shape index (κ1) is 19.7. The van der Waals surface area contributed by atoms with E-state index in [1.54, 1.807) is 6.92 Å². The van der Waals surface area contributed by atoms with Gasteiger partial charge in [-0.3, -0.25) is 4.90 Å². The van der Waals surface area contributed by atoms with E-state index in [0.717, 1.165) is 0 Å². The Morgan fingerprint density at radius 1 is 1.31 bits per heavy atom. The fourth-order valence-corrected chi connectivity index (χ4v) is 2.65. The van der Waals surface area contributed by atoms with Crippen molar-refractivity contribution in [3.63, 3.8) is 0 Å². The number of hydrogen-bond acceptors (Lipinski definition) is 1. The summed E-state index contributed by atoms with van der Waals surface area (Å²) in [5, 5.41) is 2.14. The van der Waals surface area contributed by atoms with Gasteiger partial charge in [0.1, 0.15) is 11.6 Å². The normalized spacial score (nSPS) is 15.9. The molecule has 0 bridgehead atoms. The molecule has 0 unspecified atom stereocenters. The van der Waals surface area contributed by atoms with Crippen LogP contribution in [0.3, 0.4) is 0 Å². The zero-order valence-corrected chi connectivity index (χ0v) is 14.2. The van der Waals surface area contributed by atoms with E-state index in [1.165, 1.54) is 17.9 Å². The van der Waals surface area contributed by atoms with Crippen LogP contribution >= 0.6 is 0 Å². The number of rotatable bonds is 3. The Bertz CT molecular complexity index is 804. The Kier molecular flexibility index (Phi) is 5.53. The van der Waals surface area contributed by atoms with Crippen molar-refractivity contribution in [2.75, 3.05) is 11.9 Å². The number of halogens is 5. The van der Waals surface area contributed by atoms with Crippen LogP contribution in [0.4, 0.5) is 32.4 Å². The Labute approximate surface area is 147 Å². The molecule has 140 valence electrons. The highest BCUT2D eigenvalue weighted by Gasteiger charge is 2.32. The van der Waals surface area contributed by atoms with E-state index in [4.69, 9.17) is 0 Å². The highest BCUT2D eigenvalue weighted by Crippen LogP contribution is 2.34. The number of urea groups is 1. The fourth-order valence-electron chi connectivity index (χ4n) is 2.65. The number of anilines is 1. The van der Waals surface area contributed by atoms with Gasteiger partial charge in [0.25, 0.3) is 0 Å². The number of allylic oxidation sites excluding steroid dienone is 3. The minimum absolute atomic E-state index is 0.174. The lowest BCUT2D eigenvalue weighted by Gasteiger charge is -2.20. The maximum atomic E-state index is 13.8. The highest BCUT2D eigenvalue weighted by molar-refractivity contribution is 5.91. The quantitative estimate of drug-likeness (QED) is 0.670. The number of hydrogen-bond donors (Lipinski definition) is 1. The maximum absolute atomic E-state index is 13.8. The Morgan fingerprint density at radius 3 is 2.50 bits per heavy atom. The molecule has 2 amide bonds. The van der Waals surface area contributed by atoms with Gasteiger partial charge in [-0.25, -0.2) is 13.6 Å². The molecule has 0 atom stereocenters. The van der Waals surface area contributed by atoms with Crippen molar-refractivity contribution in [3.05, 3.63) is 64.9 Å².